The van der Waals surface area contributed by atoms with Crippen LogP contribution < -0.4 is 10.6 Å². The zero-order valence-corrected chi connectivity index (χ0v) is 12.3. The summed E-state index contributed by atoms with van der Waals surface area (Å²) >= 11 is 6.00. The lowest BCUT2D eigenvalue weighted by atomic mass is 10.4. The van der Waals surface area contributed by atoms with Crippen LogP contribution in [0.1, 0.15) is 19.8 Å². The van der Waals surface area contributed by atoms with E-state index in [1.165, 1.54) is 0 Å². The minimum Gasteiger partial charge on any atom is -0.369 e. The number of anilines is 2. The van der Waals surface area contributed by atoms with Crippen molar-refractivity contribution < 1.29 is 4.21 Å². The van der Waals surface area contributed by atoms with Crippen LogP contribution >= 0.6 is 11.6 Å². The molecule has 0 amide bonds. The number of hydrogen-bond donors (Lipinski definition) is 2. The van der Waals surface area contributed by atoms with Gasteiger partial charge in [-0.25, -0.2) is 4.98 Å². The monoisotopic (exact) mass is 290 g/mol. The molecule has 1 aromatic rings. The summed E-state index contributed by atoms with van der Waals surface area (Å²) in [5.74, 6) is 1.87. The largest absolute Gasteiger partial charge is 0.369 e. The minimum atomic E-state index is -0.756. The average molecular weight is 291 g/mol. The van der Waals surface area contributed by atoms with Crippen molar-refractivity contribution >= 4 is 34.2 Å². The first-order valence-corrected chi connectivity index (χ1v) is 8.04. The summed E-state index contributed by atoms with van der Waals surface area (Å²) in [5.41, 5.74) is 0. The van der Waals surface area contributed by atoms with E-state index in [0.29, 0.717) is 29.1 Å². The van der Waals surface area contributed by atoms with Crippen LogP contribution in [0.2, 0.25) is 5.02 Å². The lowest BCUT2D eigenvalue weighted by Crippen LogP contribution is -2.10. The van der Waals surface area contributed by atoms with Gasteiger partial charge in [-0.2, -0.15) is 4.98 Å². The van der Waals surface area contributed by atoms with E-state index < -0.39 is 10.8 Å². The Balaban J connectivity index is 2.49. The van der Waals surface area contributed by atoms with Gasteiger partial charge in [-0.3, -0.25) is 4.21 Å². The fraction of sp³-hybridized carbons (Fsp3) is 0.636. The standard InChI is InChI=1S/C11H19ClN4OS/c1-3-5-14-11-15-8-9(12)10(16-11)13-6-4-7-18(2)17/h8H,3-7H2,1-2H3,(H2,13,14,15,16). The van der Waals surface area contributed by atoms with Crippen molar-refractivity contribution in [1.29, 1.82) is 0 Å². The molecule has 0 radical (unpaired) electrons. The van der Waals surface area contributed by atoms with E-state index >= 15 is 0 Å². The Bertz CT molecular complexity index is 403. The fourth-order valence-corrected chi connectivity index (χ4v) is 2.00. The van der Waals surface area contributed by atoms with Gasteiger partial charge in [-0.15, -0.1) is 0 Å². The maximum Gasteiger partial charge on any atom is 0.224 e. The molecule has 1 unspecified atom stereocenters. The van der Waals surface area contributed by atoms with Gasteiger partial charge < -0.3 is 10.6 Å². The van der Waals surface area contributed by atoms with Crippen molar-refractivity contribution in [2.75, 3.05) is 35.7 Å². The molecular weight excluding hydrogens is 272 g/mol. The number of aromatic nitrogens is 2. The van der Waals surface area contributed by atoms with Gasteiger partial charge in [0.1, 0.15) is 10.8 Å². The molecule has 0 spiro atoms. The molecule has 0 aliphatic heterocycles. The molecule has 0 bridgehead atoms. The summed E-state index contributed by atoms with van der Waals surface area (Å²) in [6.07, 6.45) is 5.11. The smallest absolute Gasteiger partial charge is 0.224 e. The highest BCUT2D eigenvalue weighted by Gasteiger charge is 2.04. The Labute approximate surface area is 115 Å². The van der Waals surface area contributed by atoms with Crippen molar-refractivity contribution in [1.82, 2.24) is 9.97 Å². The maximum atomic E-state index is 10.9. The lowest BCUT2D eigenvalue weighted by molar-refractivity contribution is 0.685. The number of rotatable bonds is 8. The Hall–Kier alpha value is -0.880. The highest BCUT2D eigenvalue weighted by Crippen LogP contribution is 2.19. The summed E-state index contributed by atoms with van der Waals surface area (Å²) < 4.78 is 10.9. The third-order valence-corrected chi connectivity index (χ3v) is 3.32. The van der Waals surface area contributed by atoms with Crippen LogP contribution in [-0.2, 0) is 10.8 Å². The van der Waals surface area contributed by atoms with E-state index in [9.17, 15) is 4.21 Å². The highest BCUT2D eigenvalue weighted by atomic mass is 35.5. The second kappa shape index (κ2) is 8.26. The van der Waals surface area contributed by atoms with Gasteiger partial charge in [0.15, 0.2) is 0 Å². The number of nitrogens with one attached hydrogen (secondary N) is 2. The van der Waals surface area contributed by atoms with Crippen LogP contribution in [-0.4, -0.2) is 39.3 Å². The van der Waals surface area contributed by atoms with E-state index in [0.717, 1.165) is 19.4 Å². The van der Waals surface area contributed by atoms with Crippen molar-refractivity contribution in [2.24, 2.45) is 0 Å². The van der Waals surface area contributed by atoms with Crippen LogP contribution in [0.3, 0.4) is 0 Å². The highest BCUT2D eigenvalue weighted by molar-refractivity contribution is 7.84. The van der Waals surface area contributed by atoms with Gasteiger partial charge in [0, 0.05) is 35.9 Å². The van der Waals surface area contributed by atoms with Crippen LogP contribution in [0, 0.1) is 0 Å². The Morgan fingerprint density at radius 3 is 2.83 bits per heavy atom. The zero-order valence-electron chi connectivity index (χ0n) is 10.7. The molecule has 1 aromatic heterocycles. The van der Waals surface area contributed by atoms with Crippen molar-refractivity contribution in [3.05, 3.63) is 11.2 Å². The Morgan fingerprint density at radius 1 is 1.39 bits per heavy atom. The molecule has 0 aliphatic carbocycles. The van der Waals surface area contributed by atoms with Crippen LogP contribution in [0.5, 0.6) is 0 Å². The predicted octanol–water partition coefficient (Wildman–Crippen LogP) is 2.13. The fourth-order valence-electron chi connectivity index (χ4n) is 1.30. The number of nitrogens with zero attached hydrogens (tertiary/aromatic N) is 2. The normalized spacial score (nSPS) is 12.2. The molecule has 7 heteroatoms. The molecule has 0 aliphatic rings. The Morgan fingerprint density at radius 2 is 2.17 bits per heavy atom. The average Bonchev–Trinajstić information content (AvgIpc) is 2.34. The first-order chi connectivity index (χ1) is 8.63. The summed E-state index contributed by atoms with van der Waals surface area (Å²) in [7, 11) is -0.756. The van der Waals surface area contributed by atoms with Gasteiger partial charge in [-0.1, -0.05) is 18.5 Å². The van der Waals surface area contributed by atoms with E-state index in [1.807, 2.05) is 0 Å². The summed E-state index contributed by atoms with van der Waals surface area (Å²) in [4.78, 5) is 8.38. The molecule has 1 heterocycles. The van der Waals surface area contributed by atoms with Crippen molar-refractivity contribution in [3.63, 3.8) is 0 Å². The molecule has 0 saturated heterocycles. The van der Waals surface area contributed by atoms with Gasteiger partial charge in [0.2, 0.25) is 5.95 Å². The van der Waals surface area contributed by atoms with Crippen molar-refractivity contribution in [3.8, 4) is 0 Å². The summed E-state index contributed by atoms with van der Waals surface area (Å²) in [5, 5.41) is 6.72. The van der Waals surface area contributed by atoms with Crippen LogP contribution in [0.25, 0.3) is 0 Å². The first kappa shape index (κ1) is 15.2. The minimum absolute atomic E-state index is 0.495. The quantitative estimate of drug-likeness (QED) is 0.718. The van der Waals surface area contributed by atoms with E-state index in [4.69, 9.17) is 11.6 Å². The molecule has 1 rings (SSSR count). The molecule has 5 nitrogen and oxygen atoms in total. The third-order valence-electron chi connectivity index (χ3n) is 2.18. The maximum absolute atomic E-state index is 10.9. The van der Waals surface area contributed by atoms with Crippen LogP contribution in [0.4, 0.5) is 11.8 Å². The van der Waals surface area contributed by atoms with E-state index in [-0.39, 0.29) is 0 Å². The second-order valence-electron chi connectivity index (χ2n) is 3.87. The molecular formula is C11H19ClN4OS. The van der Waals surface area contributed by atoms with Gasteiger partial charge >= 0.3 is 0 Å². The molecule has 102 valence electrons. The third kappa shape index (κ3) is 5.64. The molecule has 0 saturated carbocycles. The molecule has 1 atom stereocenters. The molecule has 0 fully saturated rings. The zero-order chi connectivity index (χ0) is 13.4. The molecule has 2 N–H and O–H groups in total. The van der Waals surface area contributed by atoms with Gasteiger partial charge in [0.05, 0.1) is 6.20 Å². The summed E-state index contributed by atoms with van der Waals surface area (Å²) in [6.45, 7) is 3.60. The van der Waals surface area contributed by atoms with Crippen LogP contribution in [0.15, 0.2) is 6.20 Å². The SMILES string of the molecule is CCCNc1ncc(Cl)c(NCCCS(C)=O)n1. The topological polar surface area (TPSA) is 66.9 Å². The lowest BCUT2D eigenvalue weighted by Gasteiger charge is -2.09. The summed E-state index contributed by atoms with van der Waals surface area (Å²) in [6, 6.07) is 0. The number of halogens is 1. The van der Waals surface area contributed by atoms with Gasteiger partial charge in [-0.05, 0) is 12.8 Å². The Kier molecular flexibility index (Phi) is 6.97. The van der Waals surface area contributed by atoms with Gasteiger partial charge in [0.25, 0.3) is 0 Å². The van der Waals surface area contributed by atoms with Crippen molar-refractivity contribution in [2.45, 2.75) is 19.8 Å². The van der Waals surface area contributed by atoms with E-state index in [2.05, 4.69) is 27.5 Å². The predicted molar refractivity (Wildman–Crippen MR) is 77.9 cm³/mol. The van der Waals surface area contributed by atoms with E-state index in [1.54, 1.807) is 12.5 Å². The number of hydrogen-bond acceptors (Lipinski definition) is 5. The second-order valence-corrected chi connectivity index (χ2v) is 5.84. The molecule has 0 aromatic carbocycles. The first-order valence-electron chi connectivity index (χ1n) is 5.93. The molecule has 18 heavy (non-hydrogen) atoms.